The fourth-order valence-corrected chi connectivity index (χ4v) is 2.06. The molecule has 1 rings (SSSR count). The molecule has 1 aliphatic rings. The molecule has 0 saturated carbocycles. The van der Waals surface area contributed by atoms with Gasteiger partial charge >= 0.3 is 0 Å². The van der Waals surface area contributed by atoms with Crippen molar-refractivity contribution in [3.63, 3.8) is 0 Å². The standard InChI is InChI=1S/C13H25NO2/c1-2-16-12-6-4-3-5-9-14-10-7-13(15)8-11-14/h2-12H2,1H3. The number of ketones is 1. The number of piperidine rings is 1. The first kappa shape index (κ1) is 13.7. The topological polar surface area (TPSA) is 29.5 Å². The Hall–Kier alpha value is -0.410. The molecule has 0 aromatic carbocycles. The molecule has 0 aromatic rings. The summed E-state index contributed by atoms with van der Waals surface area (Å²) in [5, 5.41) is 0. The Labute approximate surface area is 99.1 Å². The van der Waals surface area contributed by atoms with Crippen molar-refractivity contribution in [2.45, 2.75) is 45.4 Å². The average Bonchev–Trinajstić information content (AvgIpc) is 2.30. The van der Waals surface area contributed by atoms with Crippen LogP contribution in [0.4, 0.5) is 0 Å². The molecular formula is C13H25NO2. The summed E-state index contributed by atoms with van der Waals surface area (Å²) in [6.07, 6.45) is 6.55. The lowest BCUT2D eigenvalue weighted by molar-refractivity contribution is -0.121. The molecule has 1 aliphatic heterocycles. The van der Waals surface area contributed by atoms with Gasteiger partial charge in [-0.1, -0.05) is 12.8 Å². The quantitative estimate of drug-likeness (QED) is 0.596. The molecule has 0 bridgehead atoms. The van der Waals surface area contributed by atoms with Crippen molar-refractivity contribution in [1.82, 2.24) is 4.90 Å². The van der Waals surface area contributed by atoms with Crippen molar-refractivity contribution in [3.05, 3.63) is 0 Å². The number of rotatable bonds is 8. The lowest BCUT2D eigenvalue weighted by atomic mass is 10.1. The number of hydrogen-bond donors (Lipinski definition) is 0. The van der Waals surface area contributed by atoms with E-state index in [-0.39, 0.29) is 0 Å². The van der Waals surface area contributed by atoms with Crippen molar-refractivity contribution in [3.8, 4) is 0 Å². The third kappa shape index (κ3) is 6.23. The van der Waals surface area contributed by atoms with Gasteiger partial charge in [-0.15, -0.1) is 0 Å². The fraction of sp³-hybridized carbons (Fsp3) is 0.923. The molecule has 0 amide bonds. The zero-order valence-electron chi connectivity index (χ0n) is 10.5. The highest BCUT2D eigenvalue weighted by Gasteiger charge is 2.14. The monoisotopic (exact) mass is 227 g/mol. The van der Waals surface area contributed by atoms with Crippen LogP contribution in [0.5, 0.6) is 0 Å². The fourth-order valence-electron chi connectivity index (χ4n) is 2.06. The van der Waals surface area contributed by atoms with Gasteiger partial charge in [0.2, 0.25) is 0 Å². The highest BCUT2D eigenvalue weighted by molar-refractivity contribution is 5.79. The van der Waals surface area contributed by atoms with E-state index in [1.807, 2.05) is 6.92 Å². The Morgan fingerprint density at radius 1 is 1.12 bits per heavy atom. The molecule has 0 atom stereocenters. The minimum Gasteiger partial charge on any atom is -0.382 e. The predicted molar refractivity (Wildman–Crippen MR) is 65.6 cm³/mol. The van der Waals surface area contributed by atoms with Crippen LogP contribution in [0.25, 0.3) is 0 Å². The first-order valence-electron chi connectivity index (χ1n) is 6.64. The van der Waals surface area contributed by atoms with Gasteiger partial charge in [-0.3, -0.25) is 4.79 Å². The van der Waals surface area contributed by atoms with Crippen LogP contribution in [-0.2, 0) is 9.53 Å². The molecule has 16 heavy (non-hydrogen) atoms. The van der Waals surface area contributed by atoms with Crippen LogP contribution in [0.1, 0.15) is 45.4 Å². The molecular weight excluding hydrogens is 202 g/mol. The summed E-state index contributed by atoms with van der Waals surface area (Å²) in [6, 6.07) is 0. The maximum Gasteiger partial charge on any atom is 0.135 e. The minimum atomic E-state index is 0.438. The van der Waals surface area contributed by atoms with E-state index >= 15 is 0 Å². The molecule has 1 fully saturated rings. The van der Waals surface area contributed by atoms with Crippen molar-refractivity contribution in [2.75, 3.05) is 32.8 Å². The Kier molecular flexibility index (Phi) is 7.43. The van der Waals surface area contributed by atoms with Gasteiger partial charge in [0, 0.05) is 39.1 Å². The van der Waals surface area contributed by atoms with Gasteiger partial charge in [-0.2, -0.15) is 0 Å². The second-order valence-corrected chi connectivity index (χ2v) is 4.49. The molecule has 0 N–H and O–H groups in total. The number of unbranched alkanes of at least 4 members (excludes halogenated alkanes) is 3. The van der Waals surface area contributed by atoms with Crippen molar-refractivity contribution in [2.24, 2.45) is 0 Å². The molecule has 0 aliphatic carbocycles. The summed E-state index contributed by atoms with van der Waals surface area (Å²) >= 11 is 0. The van der Waals surface area contributed by atoms with Crippen LogP contribution >= 0.6 is 0 Å². The Bertz CT molecular complexity index is 184. The van der Waals surface area contributed by atoms with Gasteiger partial charge in [-0.05, 0) is 26.3 Å². The van der Waals surface area contributed by atoms with Gasteiger partial charge in [0.25, 0.3) is 0 Å². The third-order valence-corrected chi connectivity index (χ3v) is 3.13. The number of ether oxygens (including phenoxy) is 1. The summed E-state index contributed by atoms with van der Waals surface area (Å²) in [7, 11) is 0. The third-order valence-electron chi connectivity index (χ3n) is 3.13. The van der Waals surface area contributed by atoms with Crippen LogP contribution in [0, 0.1) is 0 Å². The Morgan fingerprint density at radius 3 is 2.50 bits per heavy atom. The molecule has 1 heterocycles. The summed E-state index contributed by atoms with van der Waals surface area (Å²) in [6.45, 7) is 6.92. The van der Waals surface area contributed by atoms with Crippen LogP contribution < -0.4 is 0 Å². The smallest absolute Gasteiger partial charge is 0.135 e. The number of carbonyl (C=O) groups is 1. The van der Waals surface area contributed by atoms with Gasteiger partial charge in [-0.25, -0.2) is 0 Å². The largest absolute Gasteiger partial charge is 0.382 e. The molecule has 3 nitrogen and oxygen atoms in total. The molecule has 0 radical (unpaired) electrons. The number of likely N-dealkylation sites (tertiary alicyclic amines) is 1. The van der Waals surface area contributed by atoms with Crippen molar-refractivity contribution >= 4 is 5.78 Å². The van der Waals surface area contributed by atoms with Crippen molar-refractivity contribution < 1.29 is 9.53 Å². The normalized spacial score (nSPS) is 17.9. The van der Waals surface area contributed by atoms with E-state index in [4.69, 9.17) is 4.74 Å². The molecule has 1 saturated heterocycles. The van der Waals surface area contributed by atoms with Gasteiger partial charge < -0.3 is 9.64 Å². The molecule has 0 spiro atoms. The van der Waals surface area contributed by atoms with Crippen LogP contribution in [0.3, 0.4) is 0 Å². The summed E-state index contributed by atoms with van der Waals surface area (Å²) in [5.74, 6) is 0.438. The van der Waals surface area contributed by atoms with E-state index in [1.165, 1.54) is 32.2 Å². The highest BCUT2D eigenvalue weighted by atomic mass is 16.5. The van der Waals surface area contributed by atoms with Crippen molar-refractivity contribution in [1.29, 1.82) is 0 Å². The zero-order chi connectivity index (χ0) is 11.6. The van der Waals surface area contributed by atoms with E-state index in [0.29, 0.717) is 5.78 Å². The van der Waals surface area contributed by atoms with E-state index in [2.05, 4.69) is 4.90 Å². The first-order chi connectivity index (χ1) is 7.83. The van der Waals surface area contributed by atoms with E-state index < -0.39 is 0 Å². The number of hydrogen-bond acceptors (Lipinski definition) is 3. The minimum absolute atomic E-state index is 0.438. The molecule has 3 heteroatoms. The Balaban J connectivity index is 1.85. The highest BCUT2D eigenvalue weighted by Crippen LogP contribution is 2.08. The second-order valence-electron chi connectivity index (χ2n) is 4.49. The average molecular weight is 227 g/mol. The van der Waals surface area contributed by atoms with Crippen LogP contribution in [0.2, 0.25) is 0 Å². The zero-order valence-corrected chi connectivity index (χ0v) is 10.5. The maximum atomic E-state index is 11.0. The lowest BCUT2D eigenvalue weighted by Crippen LogP contribution is -2.34. The number of nitrogens with zero attached hydrogens (tertiary/aromatic N) is 1. The van der Waals surface area contributed by atoms with Crippen LogP contribution in [0.15, 0.2) is 0 Å². The predicted octanol–water partition coefficient (Wildman–Crippen LogP) is 2.25. The second kappa shape index (κ2) is 8.71. The molecule has 0 unspecified atom stereocenters. The molecule has 94 valence electrons. The summed E-state index contributed by atoms with van der Waals surface area (Å²) in [5.41, 5.74) is 0. The van der Waals surface area contributed by atoms with E-state index in [1.54, 1.807) is 0 Å². The maximum absolute atomic E-state index is 11.0. The van der Waals surface area contributed by atoms with Crippen LogP contribution in [-0.4, -0.2) is 43.5 Å². The number of Topliss-reactive ketones (excluding diaryl/α,β-unsaturated/α-hetero) is 1. The SMILES string of the molecule is CCOCCCCCCN1CCC(=O)CC1. The van der Waals surface area contributed by atoms with Gasteiger partial charge in [0.15, 0.2) is 0 Å². The van der Waals surface area contributed by atoms with Gasteiger partial charge in [0.1, 0.15) is 5.78 Å². The number of carbonyl (C=O) groups excluding carboxylic acids is 1. The molecule has 0 aromatic heterocycles. The lowest BCUT2D eigenvalue weighted by Gasteiger charge is -2.25. The Morgan fingerprint density at radius 2 is 1.81 bits per heavy atom. The summed E-state index contributed by atoms with van der Waals surface area (Å²) in [4.78, 5) is 13.5. The van der Waals surface area contributed by atoms with Gasteiger partial charge in [0.05, 0.1) is 0 Å². The first-order valence-corrected chi connectivity index (χ1v) is 6.64. The van der Waals surface area contributed by atoms with E-state index in [9.17, 15) is 4.79 Å². The van der Waals surface area contributed by atoms with E-state index in [0.717, 1.165) is 39.1 Å². The summed E-state index contributed by atoms with van der Waals surface area (Å²) < 4.78 is 5.29.